The van der Waals surface area contributed by atoms with Gasteiger partial charge < -0.3 is 10.4 Å². The van der Waals surface area contributed by atoms with Crippen LogP contribution in [0.25, 0.3) is 0 Å². The Morgan fingerprint density at radius 1 is 1.37 bits per heavy atom. The minimum Gasteiger partial charge on any atom is -0.481 e. The number of aryl methyl sites for hydroxylation is 1. The predicted molar refractivity (Wildman–Crippen MR) is 73.2 cm³/mol. The van der Waals surface area contributed by atoms with Crippen LogP contribution in [0.2, 0.25) is 0 Å². The average Bonchev–Trinajstić information content (AvgIpc) is 2.60. The van der Waals surface area contributed by atoms with E-state index in [9.17, 15) is 4.79 Å². The number of carbonyl (C=O) groups is 1. The van der Waals surface area contributed by atoms with Gasteiger partial charge in [-0.25, -0.2) is 9.97 Å². The summed E-state index contributed by atoms with van der Waals surface area (Å²) in [6.45, 7) is 2.57. The van der Waals surface area contributed by atoms with Crippen molar-refractivity contribution in [3.63, 3.8) is 0 Å². The lowest BCUT2D eigenvalue weighted by atomic mass is 10.1. The van der Waals surface area contributed by atoms with Crippen LogP contribution < -0.4 is 5.32 Å². The van der Waals surface area contributed by atoms with Crippen LogP contribution in [0, 0.1) is 5.92 Å². The number of aliphatic carboxylic acids is 1. The fourth-order valence-corrected chi connectivity index (χ4v) is 2.49. The van der Waals surface area contributed by atoms with E-state index < -0.39 is 5.97 Å². The molecule has 2 rings (SSSR count). The lowest BCUT2D eigenvalue weighted by Gasteiger charge is -2.15. The molecule has 1 heterocycles. The van der Waals surface area contributed by atoms with Crippen molar-refractivity contribution in [3.05, 3.63) is 17.6 Å². The van der Waals surface area contributed by atoms with E-state index in [1.54, 1.807) is 6.33 Å². The van der Waals surface area contributed by atoms with Crippen molar-refractivity contribution in [1.29, 1.82) is 0 Å². The SMILES string of the molecule is CC(CNc1ncnc2c1CCCCC2)CC(=O)O. The zero-order chi connectivity index (χ0) is 13.7. The Balaban J connectivity index is 2.02. The smallest absolute Gasteiger partial charge is 0.303 e. The molecule has 0 saturated heterocycles. The molecule has 1 atom stereocenters. The monoisotopic (exact) mass is 263 g/mol. The van der Waals surface area contributed by atoms with Crippen molar-refractivity contribution < 1.29 is 9.90 Å². The summed E-state index contributed by atoms with van der Waals surface area (Å²) < 4.78 is 0. The van der Waals surface area contributed by atoms with Gasteiger partial charge in [-0.05, 0) is 31.6 Å². The normalized spacial score (nSPS) is 16.3. The van der Waals surface area contributed by atoms with Crippen molar-refractivity contribution in [1.82, 2.24) is 9.97 Å². The molecule has 19 heavy (non-hydrogen) atoms. The zero-order valence-electron chi connectivity index (χ0n) is 11.4. The summed E-state index contributed by atoms with van der Waals surface area (Å²) >= 11 is 0. The summed E-state index contributed by atoms with van der Waals surface area (Å²) in [6.07, 6.45) is 7.45. The van der Waals surface area contributed by atoms with Gasteiger partial charge in [0.05, 0.1) is 0 Å². The number of rotatable bonds is 5. The van der Waals surface area contributed by atoms with Gasteiger partial charge in [0.1, 0.15) is 12.1 Å². The Hall–Kier alpha value is -1.65. The summed E-state index contributed by atoms with van der Waals surface area (Å²) in [7, 11) is 0. The fraction of sp³-hybridized carbons (Fsp3) is 0.643. The van der Waals surface area contributed by atoms with E-state index in [0.717, 1.165) is 24.4 Å². The van der Waals surface area contributed by atoms with Crippen LogP contribution in [0.5, 0.6) is 0 Å². The third kappa shape index (κ3) is 3.91. The van der Waals surface area contributed by atoms with E-state index >= 15 is 0 Å². The van der Waals surface area contributed by atoms with E-state index in [1.807, 2.05) is 6.92 Å². The lowest BCUT2D eigenvalue weighted by molar-refractivity contribution is -0.137. The molecule has 2 N–H and O–H groups in total. The van der Waals surface area contributed by atoms with E-state index in [-0.39, 0.29) is 12.3 Å². The first-order valence-corrected chi connectivity index (χ1v) is 6.95. The molecular weight excluding hydrogens is 242 g/mol. The number of nitrogens with zero attached hydrogens (tertiary/aromatic N) is 2. The molecule has 0 saturated carbocycles. The van der Waals surface area contributed by atoms with Gasteiger partial charge in [0.2, 0.25) is 0 Å². The van der Waals surface area contributed by atoms with Gasteiger partial charge in [0.15, 0.2) is 0 Å². The second-order valence-corrected chi connectivity index (χ2v) is 5.29. The standard InChI is InChI=1S/C14H21N3O2/c1-10(7-13(18)19)8-15-14-11-5-3-2-4-6-12(11)16-9-17-14/h9-10H,2-8H2,1H3,(H,18,19)(H,15,16,17). The van der Waals surface area contributed by atoms with Gasteiger partial charge in [0, 0.05) is 24.2 Å². The third-order valence-corrected chi connectivity index (χ3v) is 3.52. The summed E-state index contributed by atoms with van der Waals surface area (Å²) in [5.41, 5.74) is 2.38. The lowest BCUT2D eigenvalue weighted by Crippen LogP contribution is -2.17. The maximum atomic E-state index is 10.6. The van der Waals surface area contributed by atoms with Crippen LogP contribution in [0.4, 0.5) is 5.82 Å². The largest absolute Gasteiger partial charge is 0.481 e. The molecule has 0 spiro atoms. The summed E-state index contributed by atoms with van der Waals surface area (Å²) in [4.78, 5) is 19.3. The van der Waals surface area contributed by atoms with Gasteiger partial charge in [-0.15, -0.1) is 0 Å². The number of nitrogens with one attached hydrogen (secondary N) is 1. The number of carboxylic acids is 1. The topological polar surface area (TPSA) is 75.1 Å². The van der Waals surface area contributed by atoms with Gasteiger partial charge in [-0.3, -0.25) is 4.79 Å². The fourth-order valence-electron chi connectivity index (χ4n) is 2.49. The Morgan fingerprint density at radius 2 is 2.16 bits per heavy atom. The highest BCUT2D eigenvalue weighted by atomic mass is 16.4. The number of carboxylic acid groups (broad SMARTS) is 1. The number of fused-ring (bicyclic) bond motifs is 1. The molecule has 0 aliphatic heterocycles. The minimum absolute atomic E-state index is 0.0916. The summed E-state index contributed by atoms with van der Waals surface area (Å²) in [5, 5.41) is 12.0. The summed E-state index contributed by atoms with van der Waals surface area (Å²) in [5.74, 6) is 0.230. The van der Waals surface area contributed by atoms with E-state index in [0.29, 0.717) is 6.54 Å². The quantitative estimate of drug-likeness (QED) is 0.797. The van der Waals surface area contributed by atoms with Gasteiger partial charge >= 0.3 is 5.97 Å². The third-order valence-electron chi connectivity index (χ3n) is 3.52. The van der Waals surface area contributed by atoms with Gasteiger partial charge in [-0.2, -0.15) is 0 Å². The molecule has 0 amide bonds. The predicted octanol–water partition coefficient (Wildman–Crippen LogP) is 2.27. The highest BCUT2D eigenvalue weighted by Gasteiger charge is 2.15. The van der Waals surface area contributed by atoms with Gasteiger partial charge in [-0.1, -0.05) is 13.3 Å². The molecule has 1 aliphatic carbocycles. The van der Waals surface area contributed by atoms with Crippen LogP contribution in [0.3, 0.4) is 0 Å². The molecule has 0 bridgehead atoms. The maximum absolute atomic E-state index is 10.6. The molecule has 0 radical (unpaired) electrons. The minimum atomic E-state index is -0.754. The van der Waals surface area contributed by atoms with Crippen LogP contribution in [0.15, 0.2) is 6.33 Å². The molecule has 104 valence electrons. The van der Waals surface area contributed by atoms with Crippen molar-refractivity contribution in [3.8, 4) is 0 Å². The average molecular weight is 263 g/mol. The van der Waals surface area contributed by atoms with Crippen LogP contribution in [0.1, 0.15) is 43.9 Å². The molecule has 1 aromatic rings. The van der Waals surface area contributed by atoms with Crippen LogP contribution >= 0.6 is 0 Å². The van der Waals surface area contributed by atoms with E-state index in [4.69, 9.17) is 5.11 Å². The Kier molecular flexibility index (Phi) is 4.71. The Labute approximate surface area is 113 Å². The van der Waals surface area contributed by atoms with Crippen LogP contribution in [-0.2, 0) is 17.6 Å². The number of hydrogen-bond acceptors (Lipinski definition) is 4. The summed E-state index contributed by atoms with van der Waals surface area (Å²) in [6, 6.07) is 0. The molecule has 1 aliphatic rings. The number of hydrogen-bond donors (Lipinski definition) is 2. The Morgan fingerprint density at radius 3 is 2.95 bits per heavy atom. The van der Waals surface area contributed by atoms with Crippen molar-refractivity contribution in [2.45, 2.75) is 45.4 Å². The number of aromatic nitrogens is 2. The van der Waals surface area contributed by atoms with E-state index in [1.165, 1.54) is 24.8 Å². The van der Waals surface area contributed by atoms with Crippen molar-refractivity contribution in [2.24, 2.45) is 5.92 Å². The first-order valence-electron chi connectivity index (χ1n) is 6.95. The molecule has 1 aromatic heterocycles. The number of anilines is 1. The van der Waals surface area contributed by atoms with Crippen molar-refractivity contribution >= 4 is 11.8 Å². The maximum Gasteiger partial charge on any atom is 0.303 e. The zero-order valence-corrected chi connectivity index (χ0v) is 11.4. The molecule has 0 aromatic carbocycles. The molecule has 0 fully saturated rings. The molecular formula is C14H21N3O2. The van der Waals surface area contributed by atoms with Crippen molar-refractivity contribution in [2.75, 3.05) is 11.9 Å². The van der Waals surface area contributed by atoms with E-state index in [2.05, 4.69) is 15.3 Å². The first-order chi connectivity index (χ1) is 9.16. The second kappa shape index (κ2) is 6.50. The first kappa shape index (κ1) is 13.8. The molecule has 5 nitrogen and oxygen atoms in total. The molecule has 1 unspecified atom stereocenters. The second-order valence-electron chi connectivity index (χ2n) is 5.29. The van der Waals surface area contributed by atoms with Crippen LogP contribution in [-0.4, -0.2) is 27.6 Å². The molecule has 5 heteroatoms. The van der Waals surface area contributed by atoms with Gasteiger partial charge in [0.25, 0.3) is 0 Å². The Bertz CT molecular complexity index is 448. The highest BCUT2D eigenvalue weighted by Crippen LogP contribution is 2.24. The highest BCUT2D eigenvalue weighted by molar-refractivity contribution is 5.67.